The van der Waals surface area contributed by atoms with Gasteiger partial charge in [-0.3, -0.25) is 14.9 Å². The number of nitro benzene ring substituents is 1. The molecule has 0 saturated heterocycles. The zero-order chi connectivity index (χ0) is 16.2. The van der Waals surface area contributed by atoms with Crippen molar-refractivity contribution in [3.63, 3.8) is 0 Å². The molecule has 6 heteroatoms. The van der Waals surface area contributed by atoms with Crippen LogP contribution >= 0.6 is 0 Å². The number of carbonyl (C=O) groups excluding carboxylic acids is 1. The number of carbonyl (C=O) groups is 1. The molecule has 0 aliphatic carbocycles. The third-order valence-electron chi connectivity index (χ3n) is 3.84. The predicted octanol–water partition coefficient (Wildman–Crippen LogP) is 3.48. The van der Waals surface area contributed by atoms with Gasteiger partial charge in [-0.1, -0.05) is 13.8 Å². The van der Waals surface area contributed by atoms with Gasteiger partial charge in [0.05, 0.1) is 11.0 Å². The molecule has 0 aliphatic heterocycles. The minimum absolute atomic E-state index is 0.0167. The highest BCUT2D eigenvalue weighted by Crippen LogP contribution is 2.30. The zero-order valence-corrected chi connectivity index (χ0v) is 12.7. The number of hydrogen-bond acceptors (Lipinski definition) is 4. The summed E-state index contributed by atoms with van der Waals surface area (Å²) in [5, 5.41) is 22.9. The van der Waals surface area contributed by atoms with Gasteiger partial charge in [-0.05, 0) is 38.3 Å². The Labute approximate surface area is 123 Å². The Balaban J connectivity index is 3.15. The van der Waals surface area contributed by atoms with Gasteiger partial charge in [-0.2, -0.15) is 5.26 Å². The lowest BCUT2D eigenvalue weighted by Crippen LogP contribution is -2.34. The summed E-state index contributed by atoms with van der Waals surface area (Å²) in [7, 11) is 0. The largest absolute Gasteiger partial charge is 0.324 e. The van der Waals surface area contributed by atoms with Crippen LogP contribution in [0.4, 0.5) is 11.4 Å². The average molecular weight is 289 g/mol. The Hall–Kier alpha value is -2.42. The first-order valence-corrected chi connectivity index (χ1v) is 6.79. The molecule has 1 N–H and O–H groups in total. The molecule has 0 unspecified atom stereocenters. The molecule has 1 aromatic carbocycles. The van der Waals surface area contributed by atoms with Crippen LogP contribution in [0.2, 0.25) is 0 Å². The number of aryl methyl sites for hydroxylation is 2. The maximum atomic E-state index is 12.3. The Morgan fingerprint density at radius 2 is 1.90 bits per heavy atom. The van der Waals surface area contributed by atoms with E-state index in [2.05, 4.69) is 11.4 Å². The van der Waals surface area contributed by atoms with Crippen molar-refractivity contribution in [1.82, 2.24) is 0 Å². The second-order valence-electron chi connectivity index (χ2n) is 5.07. The van der Waals surface area contributed by atoms with Gasteiger partial charge in [0.25, 0.3) is 5.69 Å². The highest BCUT2D eigenvalue weighted by Gasteiger charge is 2.35. The van der Waals surface area contributed by atoms with E-state index in [4.69, 9.17) is 0 Å². The van der Waals surface area contributed by atoms with Gasteiger partial charge >= 0.3 is 0 Å². The van der Waals surface area contributed by atoms with E-state index in [0.717, 1.165) is 0 Å². The van der Waals surface area contributed by atoms with E-state index in [-0.39, 0.29) is 11.6 Å². The summed E-state index contributed by atoms with van der Waals surface area (Å²) in [4.78, 5) is 22.8. The fourth-order valence-corrected chi connectivity index (χ4v) is 2.15. The molecular formula is C15H19N3O3. The average Bonchev–Trinajstić information content (AvgIpc) is 2.44. The monoisotopic (exact) mass is 289 g/mol. The van der Waals surface area contributed by atoms with Gasteiger partial charge in [0.1, 0.15) is 5.41 Å². The fraction of sp³-hybridized carbons (Fsp3) is 0.467. The number of nitro groups is 1. The molecule has 0 aliphatic rings. The summed E-state index contributed by atoms with van der Waals surface area (Å²) in [6.07, 6.45) is 0.827. The summed E-state index contributed by atoms with van der Waals surface area (Å²) < 4.78 is 0. The molecule has 0 aromatic heterocycles. The van der Waals surface area contributed by atoms with Crippen molar-refractivity contribution in [3.05, 3.63) is 33.4 Å². The molecule has 6 nitrogen and oxygen atoms in total. The van der Waals surface area contributed by atoms with Crippen LogP contribution in [0.25, 0.3) is 0 Å². The Bertz CT molecular complexity index is 613. The number of nitrogens with zero attached hydrogens (tertiary/aromatic N) is 2. The van der Waals surface area contributed by atoms with Crippen LogP contribution in [-0.2, 0) is 4.79 Å². The van der Waals surface area contributed by atoms with Crippen molar-refractivity contribution >= 4 is 17.3 Å². The highest BCUT2D eigenvalue weighted by molar-refractivity contribution is 5.98. The quantitative estimate of drug-likeness (QED) is 0.663. The first kappa shape index (κ1) is 16.6. The van der Waals surface area contributed by atoms with E-state index < -0.39 is 10.3 Å². The second-order valence-corrected chi connectivity index (χ2v) is 5.07. The van der Waals surface area contributed by atoms with Crippen molar-refractivity contribution in [2.75, 3.05) is 5.32 Å². The van der Waals surface area contributed by atoms with Crippen LogP contribution in [0.1, 0.15) is 37.8 Å². The van der Waals surface area contributed by atoms with Gasteiger partial charge in [0, 0.05) is 17.3 Å². The standard InChI is InChI=1S/C15H19N3O3/c1-5-15(6-2,9-16)14(19)17-12-7-11(4)13(18(20)21)8-10(12)3/h7-8H,5-6H2,1-4H3,(H,17,19). The normalized spacial score (nSPS) is 10.8. The Kier molecular flexibility index (Phi) is 5.03. The lowest BCUT2D eigenvalue weighted by molar-refractivity contribution is -0.385. The van der Waals surface area contributed by atoms with E-state index in [1.165, 1.54) is 6.07 Å². The lowest BCUT2D eigenvalue weighted by Gasteiger charge is -2.22. The first-order valence-electron chi connectivity index (χ1n) is 6.79. The molecule has 112 valence electrons. The third-order valence-corrected chi connectivity index (χ3v) is 3.84. The van der Waals surface area contributed by atoms with Crippen molar-refractivity contribution in [3.8, 4) is 6.07 Å². The van der Waals surface area contributed by atoms with Crippen molar-refractivity contribution in [2.45, 2.75) is 40.5 Å². The fourth-order valence-electron chi connectivity index (χ4n) is 2.15. The molecule has 0 heterocycles. The van der Waals surface area contributed by atoms with E-state index in [9.17, 15) is 20.2 Å². The van der Waals surface area contributed by atoms with Gasteiger partial charge in [-0.15, -0.1) is 0 Å². The highest BCUT2D eigenvalue weighted by atomic mass is 16.6. The second kappa shape index (κ2) is 6.35. The van der Waals surface area contributed by atoms with Crippen molar-refractivity contribution < 1.29 is 9.72 Å². The molecule has 0 atom stereocenters. The summed E-state index contributed by atoms with van der Waals surface area (Å²) in [5.74, 6) is -0.369. The summed E-state index contributed by atoms with van der Waals surface area (Å²) in [5.41, 5.74) is 0.520. The van der Waals surface area contributed by atoms with E-state index >= 15 is 0 Å². The summed E-state index contributed by atoms with van der Waals surface area (Å²) in [6.45, 7) is 6.89. The minimum Gasteiger partial charge on any atom is -0.324 e. The van der Waals surface area contributed by atoms with Crippen molar-refractivity contribution in [2.24, 2.45) is 5.41 Å². The number of anilines is 1. The first-order chi connectivity index (χ1) is 9.81. The number of nitriles is 1. The van der Waals surface area contributed by atoms with Crippen molar-refractivity contribution in [1.29, 1.82) is 5.26 Å². The van der Waals surface area contributed by atoms with Crippen LogP contribution in [-0.4, -0.2) is 10.8 Å². The van der Waals surface area contributed by atoms with Gasteiger partial charge in [-0.25, -0.2) is 0 Å². The van der Waals surface area contributed by atoms with E-state index in [1.807, 2.05) is 0 Å². The van der Waals surface area contributed by atoms with E-state index in [0.29, 0.717) is 29.7 Å². The van der Waals surface area contributed by atoms with Crippen LogP contribution < -0.4 is 5.32 Å². The van der Waals surface area contributed by atoms with Crippen LogP contribution in [0.3, 0.4) is 0 Å². The topological polar surface area (TPSA) is 96.0 Å². The molecule has 0 saturated carbocycles. The Morgan fingerprint density at radius 3 is 2.33 bits per heavy atom. The van der Waals surface area contributed by atoms with Crippen LogP contribution in [0.15, 0.2) is 12.1 Å². The molecule has 0 fully saturated rings. The smallest absolute Gasteiger partial charge is 0.272 e. The minimum atomic E-state index is -1.07. The van der Waals surface area contributed by atoms with Crippen LogP contribution in [0, 0.1) is 40.7 Å². The predicted molar refractivity (Wildman–Crippen MR) is 79.8 cm³/mol. The molecule has 0 bridgehead atoms. The van der Waals surface area contributed by atoms with Crippen LogP contribution in [0.5, 0.6) is 0 Å². The molecule has 1 aromatic rings. The number of rotatable bonds is 5. The number of benzene rings is 1. The third kappa shape index (κ3) is 3.19. The number of nitrogens with one attached hydrogen (secondary N) is 1. The molecular weight excluding hydrogens is 270 g/mol. The van der Waals surface area contributed by atoms with Gasteiger partial charge in [0.15, 0.2) is 0 Å². The number of amides is 1. The Morgan fingerprint density at radius 1 is 1.33 bits per heavy atom. The maximum Gasteiger partial charge on any atom is 0.272 e. The van der Waals surface area contributed by atoms with Gasteiger partial charge in [0.2, 0.25) is 5.91 Å². The molecule has 0 spiro atoms. The SMILES string of the molecule is CCC(C#N)(CC)C(=O)Nc1cc(C)c([N+](=O)[O-])cc1C. The number of hydrogen-bond donors (Lipinski definition) is 1. The molecule has 1 rings (SSSR count). The summed E-state index contributed by atoms with van der Waals surface area (Å²) in [6, 6.07) is 5.07. The zero-order valence-electron chi connectivity index (χ0n) is 12.7. The van der Waals surface area contributed by atoms with Gasteiger partial charge < -0.3 is 5.32 Å². The molecule has 1 amide bonds. The molecule has 21 heavy (non-hydrogen) atoms. The van der Waals surface area contributed by atoms with E-state index in [1.54, 1.807) is 33.8 Å². The molecule has 0 radical (unpaired) electrons. The summed E-state index contributed by atoms with van der Waals surface area (Å²) >= 11 is 0. The maximum absolute atomic E-state index is 12.3. The lowest BCUT2D eigenvalue weighted by atomic mass is 9.83.